The molecular weight excluding hydrogens is 456 g/mol. The summed E-state index contributed by atoms with van der Waals surface area (Å²) in [7, 11) is 1.61. The second-order valence-electron chi connectivity index (χ2n) is 8.87. The Labute approximate surface area is 204 Å². The zero-order valence-corrected chi connectivity index (χ0v) is 21.4. The molecule has 2 heterocycles. The largest absolute Gasteiger partial charge is 0.383 e. The molecule has 2 aliphatic carbocycles. The molecule has 0 spiro atoms. The standard InChI is InChI=1S/C24H34N4O3S2/c1-15-16(2)28(17-8-4-5-9-17)24(26-15)32-14-20(29)27-23-21(22(30)25-12-13-31-3)18-10-6-7-11-19(18)33-23/h17H,4-14H2,1-3H3,(H,25,30)(H,27,29). The third kappa shape index (κ3) is 5.46. The molecule has 0 radical (unpaired) electrons. The van der Waals surface area contributed by atoms with E-state index in [0.717, 1.165) is 42.1 Å². The minimum atomic E-state index is -0.127. The Bertz CT molecular complexity index is 1010. The Kier molecular flexibility index (Phi) is 8.14. The lowest BCUT2D eigenvalue weighted by Gasteiger charge is -2.17. The fourth-order valence-corrected chi connectivity index (χ4v) is 7.09. The Morgan fingerprint density at radius 3 is 2.70 bits per heavy atom. The molecule has 2 aliphatic rings. The number of nitrogens with zero attached hydrogens (tertiary/aromatic N) is 2. The van der Waals surface area contributed by atoms with Gasteiger partial charge in [-0.2, -0.15) is 0 Å². The van der Waals surface area contributed by atoms with Crippen LogP contribution < -0.4 is 10.6 Å². The summed E-state index contributed by atoms with van der Waals surface area (Å²) in [6.45, 7) is 5.07. The Morgan fingerprint density at radius 2 is 1.94 bits per heavy atom. The molecule has 180 valence electrons. The third-order valence-electron chi connectivity index (χ3n) is 6.62. The maximum Gasteiger partial charge on any atom is 0.254 e. The van der Waals surface area contributed by atoms with Gasteiger partial charge in [-0.1, -0.05) is 24.6 Å². The molecule has 2 N–H and O–H groups in total. The van der Waals surface area contributed by atoms with E-state index in [4.69, 9.17) is 9.72 Å². The number of carbonyl (C=O) groups is 2. The van der Waals surface area contributed by atoms with E-state index in [1.165, 1.54) is 48.0 Å². The van der Waals surface area contributed by atoms with Crippen molar-refractivity contribution >= 4 is 39.9 Å². The molecule has 1 saturated carbocycles. The summed E-state index contributed by atoms with van der Waals surface area (Å²) in [4.78, 5) is 31.9. The van der Waals surface area contributed by atoms with Gasteiger partial charge in [-0.15, -0.1) is 11.3 Å². The molecule has 2 aromatic rings. The fraction of sp³-hybridized carbons (Fsp3) is 0.625. The molecule has 0 aromatic carbocycles. The molecule has 0 saturated heterocycles. The quantitative estimate of drug-likeness (QED) is 0.394. The van der Waals surface area contributed by atoms with Crippen LogP contribution in [0.25, 0.3) is 0 Å². The summed E-state index contributed by atoms with van der Waals surface area (Å²) in [5.74, 6) is 0.0499. The molecule has 1 fully saturated rings. The number of thioether (sulfide) groups is 1. The Morgan fingerprint density at radius 1 is 1.18 bits per heavy atom. The highest BCUT2D eigenvalue weighted by molar-refractivity contribution is 7.99. The molecule has 7 nitrogen and oxygen atoms in total. The van der Waals surface area contributed by atoms with E-state index in [2.05, 4.69) is 22.1 Å². The predicted molar refractivity (Wildman–Crippen MR) is 134 cm³/mol. The van der Waals surface area contributed by atoms with Crippen molar-refractivity contribution in [2.24, 2.45) is 0 Å². The maximum atomic E-state index is 12.9. The number of imidazole rings is 1. The van der Waals surface area contributed by atoms with Gasteiger partial charge in [0.2, 0.25) is 5.91 Å². The van der Waals surface area contributed by atoms with Crippen molar-refractivity contribution in [3.63, 3.8) is 0 Å². The second kappa shape index (κ2) is 11.1. The number of carbonyl (C=O) groups excluding carboxylic acids is 2. The lowest BCUT2D eigenvalue weighted by molar-refractivity contribution is -0.113. The molecule has 2 aromatic heterocycles. The van der Waals surface area contributed by atoms with Crippen LogP contribution in [0.1, 0.15) is 76.8 Å². The van der Waals surface area contributed by atoms with E-state index in [1.54, 1.807) is 18.4 Å². The number of fused-ring (bicyclic) bond motifs is 1. The highest BCUT2D eigenvalue weighted by Crippen LogP contribution is 2.39. The van der Waals surface area contributed by atoms with Gasteiger partial charge in [-0.25, -0.2) is 4.98 Å². The number of hydrogen-bond acceptors (Lipinski definition) is 6. The molecule has 0 unspecified atom stereocenters. The van der Waals surface area contributed by atoms with Crippen LogP contribution >= 0.6 is 23.1 Å². The van der Waals surface area contributed by atoms with Crippen molar-refractivity contribution in [1.29, 1.82) is 0 Å². The van der Waals surface area contributed by atoms with Gasteiger partial charge >= 0.3 is 0 Å². The number of thiophene rings is 1. The summed E-state index contributed by atoms with van der Waals surface area (Å²) in [5, 5.41) is 7.58. The van der Waals surface area contributed by atoms with Crippen molar-refractivity contribution in [3.05, 3.63) is 27.4 Å². The monoisotopic (exact) mass is 490 g/mol. The van der Waals surface area contributed by atoms with Crippen LogP contribution in [-0.2, 0) is 22.4 Å². The summed E-state index contributed by atoms with van der Waals surface area (Å²) >= 11 is 3.05. The highest BCUT2D eigenvalue weighted by Gasteiger charge is 2.27. The van der Waals surface area contributed by atoms with Crippen LogP contribution in [0.15, 0.2) is 5.16 Å². The van der Waals surface area contributed by atoms with Gasteiger partial charge in [-0.3, -0.25) is 9.59 Å². The highest BCUT2D eigenvalue weighted by atomic mass is 32.2. The molecule has 0 bridgehead atoms. The first-order chi connectivity index (χ1) is 16.0. The van der Waals surface area contributed by atoms with Gasteiger partial charge in [0.25, 0.3) is 5.91 Å². The van der Waals surface area contributed by atoms with Gasteiger partial charge in [0.15, 0.2) is 5.16 Å². The lowest BCUT2D eigenvalue weighted by Crippen LogP contribution is -2.29. The first-order valence-electron chi connectivity index (χ1n) is 11.9. The molecule has 0 aliphatic heterocycles. The summed E-state index contributed by atoms with van der Waals surface area (Å²) < 4.78 is 7.39. The van der Waals surface area contributed by atoms with Crippen molar-refractivity contribution in [3.8, 4) is 0 Å². The average molecular weight is 491 g/mol. The number of methoxy groups -OCH3 is 1. The first-order valence-corrected chi connectivity index (χ1v) is 13.7. The van der Waals surface area contributed by atoms with Gasteiger partial charge in [-0.05, 0) is 57.9 Å². The smallest absolute Gasteiger partial charge is 0.254 e. The molecule has 33 heavy (non-hydrogen) atoms. The van der Waals surface area contributed by atoms with Crippen molar-refractivity contribution < 1.29 is 14.3 Å². The number of aromatic nitrogens is 2. The molecule has 4 rings (SSSR count). The lowest BCUT2D eigenvalue weighted by atomic mass is 9.95. The van der Waals surface area contributed by atoms with Crippen LogP contribution in [0, 0.1) is 13.8 Å². The predicted octanol–water partition coefficient (Wildman–Crippen LogP) is 4.66. The van der Waals surface area contributed by atoms with Gasteiger partial charge in [0.1, 0.15) is 5.00 Å². The van der Waals surface area contributed by atoms with Gasteiger partial charge in [0.05, 0.1) is 23.6 Å². The number of hydrogen-bond donors (Lipinski definition) is 2. The SMILES string of the molecule is COCCNC(=O)c1c(NC(=O)CSc2nc(C)c(C)n2C2CCCC2)sc2c1CCCC2. The van der Waals surface area contributed by atoms with Crippen LogP contribution in [-0.4, -0.2) is 47.4 Å². The summed E-state index contributed by atoms with van der Waals surface area (Å²) in [6, 6.07) is 0.489. The van der Waals surface area contributed by atoms with Crippen molar-refractivity contribution in [2.75, 3.05) is 31.3 Å². The van der Waals surface area contributed by atoms with Crippen LogP contribution in [0.4, 0.5) is 5.00 Å². The Hall–Kier alpha value is -1.84. The average Bonchev–Trinajstić information content (AvgIpc) is 3.50. The van der Waals surface area contributed by atoms with E-state index in [0.29, 0.717) is 29.8 Å². The minimum Gasteiger partial charge on any atom is -0.383 e. The normalized spacial score (nSPS) is 16.1. The third-order valence-corrected chi connectivity index (χ3v) is 8.78. The number of nitrogens with one attached hydrogen (secondary N) is 2. The zero-order valence-electron chi connectivity index (χ0n) is 19.8. The molecular formula is C24H34N4O3S2. The Balaban J connectivity index is 1.46. The van der Waals surface area contributed by atoms with Crippen LogP contribution in [0.5, 0.6) is 0 Å². The van der Waals surface area contributed by atoms with Crippen molar-refractivity contribution in [2.45, 2.75) is 76.4 Å². The maximum absolute atomic E-state index is 12.9. The number of ether oxygens (including phenoxy) is 1. The minimum absolute atomic E-state index is 0.0965. The second-order valence-corrected chi connectivity index (χ2v) is 10.9. The van der Waals surface area contributed by atoms with E-state index in [-0.39, 0.29) is 17.6 Å². The van der Waals surface area contributed by atoms with E-state index in [1.807, 2.05) is 6.92 Å². The number of anilines is 1. The topological polar surface area (TPSA) is 85.2 Å². The number of amides is 2. The van der Waals surface area contributed by atoms with Gasteiger partial charge in [0, 0.05) is 30.3 Å². The van der Waals surface area contributed by atoms with Crippen LogP contribution in [0.2, 0.25) is 0 Å². The van der Waals surface area contributed by atoms with Crippen LogP contribution in [0.3, 0.4) is 0 Å². The molecule has 0 atom stereocenters. The first kappa shape index (κ1) is 24.3. The summed E-state index contributed by atoms with van der Waals surface area (Å²) in [6.07, 6.45) is 8.94. The van der Waals surface area contributed by atoms with Crippen molar-refractivity contribution in [1.82, 2.24) is 14.9 Å². The zero-order chi connectivity index (χ0) is 23.4. The fourth-order valence-electron chi connectivity index (χ4n) is 4.83. The number of rotatable bonds is 9. The number of aryl methyl sites for hydroxylation is 2. The molecule has 2 amide bonds. The van der Waals surface area contributed by atoms with E-state index in [9.17, 15) is 9.59 Å². The summed E-state index contributed by atoms with van der Waals surface area (Å²) in [5.41, 5.74) is 3.98. The molecule has 9 heteroatoms. The van der Waals surface area contributed by atoms with Gasteiger partial charge < -0.3 is 19.9 Å². The van der Waals surface area contributed by atoms with E-state index >= 15 is 0 Å². The van der Waals surface area contributed by atoms with E-state index < -0.39 is 0 Å².